The molecule has 2 atom stereocenters. The Morgan fingerprint density at radius 1 is 1.62 bits per heavy atom. The predicted octanol–water partition coefficient (Wildman–Crippen LogP) is 1.23. The van der Waals surface area contributed by atoms with E-state index in [2.05, 4.69) is 5.92 Å². The maximum atomic E-state index is 12.1. The van der Waals surface area contributed by atoms with Crippen molar-refractivity contribution in [2.75, 3.05) is 13.1 Å². The average molecular weight is 222 g/mol. The van der Waals surface area contributed by atoms with Crippen LogP contribution in [-0.2, 0) is 4.79 Å². The van der Waals surface area contributed by atoms with Crippen LogP contribution in [-0.4, -0.2) is 29.9 Å². The molecule has 0 bridgehead atoms. The zero-order valence-electron chi connectivity index (χ0n) is 10.3. The zero-order valence-corrected chi connectivity index (χ0v) is 10.3. The predicted molar refractivity (Wildman–Crippen MR) is 65.6 cm³/mol. The maximum Gasteiger partial charge on any atom is 0.240 e. The van der Waals surface area contributed by atoms with E-state index in [0.717, 1.165) is 13.0 Å². The molecule has 3 nitrogen and oxygen atoms in total. The van der Waals surface area contributed by atoms with Crippen LogP contribution < -0.4 is 5.73 Å². The van der Waals surface area contributed by atoms with Gasteiger partial charge in [0.05, 0.1) is 12.6 Å². The van der Waals surface area contributed by atoms with Gasteiger partial charge in [0.25, 0.3) is 0 Å². The minimum absolute atomic E-state index is 0.0131. The minimum Gasteiger partial charge on any atom is -0.330 e. The smallest absolute Gasteiger partial charge is 0.240 e. The van der Waals surface area contributed by atoms with Gasteiger partial charge in [-0.3, -0.25) is 4.79 Å². The van der Waals surface area contributed by atoms with Crippen LogP contribution in [0.15, 0.2) is 0 Å². The first-order chi connectivity index (χ1) is 7.60. The van der Waals surface area contributed by atoms with Crippen molar-refractivity contribution >= 4 is 5.91 Å². The van der Waals surface area contributed by atoms with Gasteiger partial charge >= 0.3 is 0 Å². The summed E-state index contributed by atoms with van der Waals surface area (Å²) in [6.07, 6.45) is 8.63. The van der Waals surface area contributed by atoms with E-state index in [1.54, 1.807) is 4.90 Å². The van der Waals surface area contributed by atoms with Crippen LogP contribution in [0.4, 0.5) is 0 Å². The van der Waals surface area contributed by atoms with E-state index >= 15 is 0 Å². The second-order valence-corrected chi connectivity index (χ2v) is 4.78. The Balaban J connectivity index is 2.54. The Morgan fingerprint density at radius 3 is 2.69 bits per heavy atom. The average Bonchev–Trinajstić information content (AvgIpc) is 3.09. The highest BCUT2D eigenvalue weighted by atomic mass is 16.2. The molecule has 16 heavy (non-hydrogen) atoms. The Labute approximate surface area is 98.4 Å². The molecule has 2 N–H and O–H groups in total. The molecule has 0 unspecified atom stereocenters. The van der Waals surface area contributed by atoms with Crippen LogP contribution in [0.25, 0.3) is 0 Å². The number of carbonyl (C=O) groups excluding carboxylic acids is 1. The fourth-order valence-electron chi connectivity index (χ4n) is 1.66. The van der Waals surface area contributed by atoms with E-state index in [4.69, 9.17) is 12.2 Å². The zero-order chi connectivity index (χ0) is 12.1. The van der Waals surface area contributed by atoms with E-state index in [1.165, 1.54) is 12.8 Å². The van der Waals surface area contributed by atoms with Crippen LogP contribution in [0.1, 0.15) is 33.1 Å². The van der Waals surface area contributed by atoms with Crippen molar-refractivity contribution in [2.24, 2.45) is 17.6 Å². The summed E-state index contributed by atoms with van der Waals surface area (Å²) in [6.45, 7) is 5.23. The SMILES string of the molecule is C#CCN(CC1CC1)C(=O)[C@@H](N)[C@@H](C)CC. The van der Waals surface area contributed by atoms with Gasteiger partial charge < -0.3 is 10.6 Å². The fraction of sp³-hybridized carbons (Fsp3) is 0.769. The van der Waals surface area contributed by atoms with Gasteiger partial charge in [0.1, 0.15) is 0 Å². The third-order valence-corrected chi connectivity index (χ3v) is 3.31. The molecule has 90 valence electrons. The number of hydrogen-bond acceptors (Lipinski definition) is 2. The van der Waals surface area contributed by atoms with Crippen LogP contribution in [0, 0.1) is 24.2 Å². The summed E-state index contributed by atoms with van der Waals surface area (Å²) in [5, 5.41) is 0. The molecule has 0 saturated heterocycles. The summed E-state index contributed by atoms with van der Waals surface area (Å²) in [5.74, 6) is 3.43. The number of hydrogen-bond donors (Lipinski definition) is 1. The summed E-state index contributed by atoms with van der Waals surface area (Å²) in [7, 11) is 0. The number of rotatable bonds is 6. The second-order valence-electron chi connectivity index (χ2n) is 4.78. The molecular weight excluding hydrogens is 200 g/mol. The van der Waals surface area contributed by atoms with Crippen molar-refractivity contribution in [3.63, 3.8) is 0 Å². The molecule has 0 spiro atoms. The van der Waals surface area contributed by atoms with Crippen molar-refractivity contribution < 1.29 is 4.79 Å². The lowest BCUT2D eigenvalue weighted by molar-refractivity contribution is -0.133. The van der Waals surface area contributed by atoms with E-state index in [-0.39, 0.29) is 11.8 Å². The number of carbonyl (C=O) groups is 1. The Hall–Kier alpha value is -1.01. The largest absolute Gasteiger partial charge is 0.330 e. The Morgan fingerprint density at radius 2 is 2.25 bits per heavy atom. The summed E-state index contributed by atoms with van der Waals surface area (Å²) >= 11 is 0. The molecule has 1 amide bonds. The van der Waals surface area contributed by atoms with Gasteiger partial charge in [-0.2, -0.15) is 0 Å². The number of terminal acetylenes is 1. The van der Waals surface area contributed by atoms with E-state index in [0.29, 0.717) is 12.5 Å². The van der Waals surface area contributed by atoms with Gasteiger partial charge in [0, 0.05) is 6.54 Å². The van der Waals surface area contributed by atoms with Crippen LogP contribution >= 0.6 is 0 Å². The summed E-state index contributed by atoms with van der Waals surface area (Å²) in [5.41, 5.74) is 5.94. The number of amides is 1. The third kappa shape index (κ3) is 3.53. The molecule has 3 heteroatoms. The molecule has 0 aliphatic heterocycles. The number of nitrogens with two attached hydrogens (primary N) is 1. The molecule has 1 rings (SSSR count). The van der Waals surface area contributed by atoms with Crippen LogP contribution in [0.2, 0.25) is 0 Å². The molecule has 1 saturated carbocycles. The third-order valence-electron chi connectivity index (χ3n) is 3.31. The summed E-state index contributed by atoms with van der Waals surface area (Å²) in [4.78, 5) is 13.8. The molecular formula is C13H22N2O. The lowest BCUT2D eigenvalue weighted by Crippen LogP contribution is -2.47. The highest BCUT2D eigenvalue weighted by Crippen LogP contribution is 2.29. The Kier molecular flexibility index (Phi) is 4.82. The Bertz CT molecular complexity index is 278. The molecule has 0 radical (unpaired) electrons. The molecule has 0 heterocycles. The molecule has 1 fully saturated rings. The number of nitrogens with zero attached hydrogens (tertiary/aromatic N) is 1. The lowest BCUT2D eigenvalue weighted by atomic mass is 9.99. The normalized spacial score (nSPS) is 18.6. The van der Waals surface area contributed by atoms with Crippen molar-refractivity contribution in [3.05, 3.63) is 0 Å². The highest BCUT2D eigenvalue weighted by Gasteiger charge is 2.30. The van der Waals surface area contributed by atoms with E-state index in [9.17, 15) is 4.79 Å². The summed E-state index contributed by atoms with van der Waals surface area (Å²) < 4.78 is 0. The minimum atomic E-state index is -0.405. The molecule has 0 aromatic heterocycles. The topological polar surface area (TPSA) is 46.3 Å². The first kappa shape index (κ1) is 13.1. The monoisotopic (exact) mass is 222 g/mol. The maximum absolute atomic E-state index is 12.1. The van der Waals surface area contributed by atoms with Gasteiger partial charge in [0.15, 0.2) is 0 Å². The van der Waals surface area contributed by atoms with E-state index in [1.807, 2.05) is 13.8 Å². The molecule has 0 aromatic carbocycles. The first-order valence-electron chi connectivity index (χ1n) is 6.08. The summed E-state index contributed by atoms with van der Waals surface area (Å²) in [6, 6.07) is -0.405. The molecule has 0 aromatic rings. The van der Waals surface area contributed by atoms with Crippen molar-refractivity contribution in [3.8, 4) is 12.3 Å². The molecule has 1 aliphatic carbocycles. The van der Waals surface area contributed by atoms with Crippen LogP contribution in [0.3, 0.4) is 0 Å². The van der Waals surface area contributed by atoms with Crippen molar-refractivity contribution in [1.29, 1.82) is 0 Å². The second kappa shape index (κ2) is 5.91. The molecule has 1 aliphatic rings. The van der Waals surface area contributed by atoms with Gasteiger partial charge in [-0.15, -0.1) is 6.42 Å². The lowest BCUT2D eigenvalue weighted by Gasteiger charge is -2.26. The van der Waals surface area contributed by atoms with Crippen molar-refractivity contribution in [1.82, 2.24) is 4.90 Å². The van der Waals surface area contributed by atoms with Gasteiger partial charge in [-0.1, -0.05) is 26.2 Å². The quantitative estimate of drug-likeness (QED) is 0.687. The first-order valence-corrected chi connectivity index (χ1v) is 6.08. The standard InChI is InChI=1S/C13H22N2O/c1-4-8-15(9-11-6-7-11)13(16)12(14)10(3)5-2/h1,10-12H,5-9,14H2,2-3H3/t10-,12-/m0/s1. The van der Waals surface area contributed by atoms with Crippen molar-refractivity contribution in [2.45, 2.75) is 39.2 Å². The van der Waals surface area contributed by atoms with Crippen LogP contribution in [0.5, 0.6) is 0 Å². The van der Waals surface area contributed by atoms with Gasteiger partial charge in [0.2, 0.25) is 5.91 Å². The highest BCUT2D eigenvalue weighted by molar-refractivity contribution is 5.82. The van der Waals surface area contributed by atoms with Gasteiger partial charge in [-0.05, 0) is 24.7 Å². The van der Waals surface area contributed by atoms with Gasteiger partial charge in [-0.25, -0.2) is 0 Å². The van der Waals surface area contributed by atoms with E-state index < -0.39 is 6.04 Å². The fourth-order valence-corrected chi connectivity index (χ4v) is 1.66.